The third kappa shape index (κ3) is 3.46. The molecular formula is C11H20N4O2S. The quantitative estimate of drug-likeness (QED) is 0.837. The molecule has 0 amide bonds. The molecule has 1 aliphatic rings. The Labute approximate surface area is 108 Å². The Balaban J connectivity index is 1.97. The van der Waals surface area contributed by atoms with E-state index in [1.165, 1.54) is 0 Å². The van der Waals surface area contributed by atoms with Gasteiger partial charge < -0.3 is 5.32 Å². The van der Waals surface area contributed by atoms with Crippen molar-refractivity contribution in [3.63, 3.8) is 0 Å². The summed E-state index contributed by atoms with van der Waals surface area (Å²) in [5, 5.41) is 7.35. The highest BCUT2D eigenvalue weighted by atomic mass is 32.2. The lowest BCUT2D eigenvalue weighted by molar-refractivity contribution is 0.534. The van der Waals surface area contributed by atoms with E-state index in [2.05, 4.69) is 15.1 Å². The highest BCUT2D eigenvalue weighted by Crippen LogP contribution is 2.12. The third-order valence-corrected chi connectivity index (χ3v) is 4.34. The highest BCUT2D eigenvalue weighted by Gasteiger charge is 2.22. The molecule has 1 atom stereocenters. The predicted molar refractivity (Wildman–Crippen MR) is 71.0 cm³/mol. The SMILES string of the molecule is CC(C)n1ccc(NS(=O)(=O)CC2CCCN2)n1. The largest absolute Gasteiger partial charge is 0.313 e. The van der Waals surface area contributed by atoms with Crippen LogP contribution in [0.1, 0.15) is 32.7 Å². The molecule has 1 aromatic heterocycles. The first kappa shape index (κ1) is 13.4. The van der Waals surface area contributed by atoms with Crippen LogP contribution in [0.3, 0.4) is 0 Å². The first-order valence-electron chi connectivity index (χ1n) is 6.25. The van der Waals surface area contributed by atoms with Gasteiger partial charge >= 0.3 is 0 Å². The number of nitrogens with zero attached hydrogens (tertiary/aromatic N) is 2. The topological polar surface area (TPSA) is 76.0 Å². The molecule has 2 heterocycles. The molecule has 0 saturated carbocycles. The van der Waals surface area contributed by atoms with Gasteiger partial charge in [0.1, 0.15) is 0 Å². The van der Waals surface area contributed by atoms with Crippen molar-refractivity contribution < 1.29 is 8.42 Å². The summed E-state index contributed by atoms with van der Waals surface area (Å²) in [6.07, 6.45) is 3.74. The smallest absolute Gasteiger partial charge is 0.235 e. The van der Waals surface area contributed by atoms with Gasteiger partial charge in [-0.25, -0.2) is 8.42 Å². The van der Waals surface area contributed by atoms with Gasteiger partial charge in [0.2, 0.25) is 10.0 Å². The normalized spacial score (nSPS) is 20.5. The maximum absolute atomic E-state index is 11.9. The van der Waals surface area contributed by atoms with Crippen LogP contribution in [-0.2, 0) is 10.0 Å². The zero-order chi connectivity index (χ0) is 13.2. The van der Waals surface area contributed by atoms with Crippen LogP contribution in [0.5, 0.6) is 0 Å². The standard InChI is InChI=1S/C11H20N4O2S/c1-9(2)15-7-5-11(13-15)14-18(16,17)8-10-4-3-6-12-10/h5,7,9-10,12H,3-4,6,8H2,1-2H3,(H,13,14). The van der Waals surface area contributed by atoms with E-state index >= 15 is 0 Å². The van der Waals surface area contributed by atoms with E-state index in [-0.39, 0.29) is 17.8 Å². The molecule has 7 heteroatoms. The zero-order valence-corrected chi connectivity index (χ0v) is 11.6. The van der Waals surface area contributed by atoms with E-state index < -0.39 is 10.0 Å². The molecule has 1 aromatic rings. The van der Waals surface area contributed by atoms with Gasteiger partial charge in [0.25, 0.3) is 0 Å². The molecule has 0 aliphatic carbocycles. The summed E-state index contributed by atoms with van der Waals surface area (Å²) in [6.45, 7) is 4.89. The summed E-state index contributed by atoms with van der Waals surface area (Å²) in [5.41, 5.74) is 0. The Bertz CT molecular complexity index is 489. The van der Waals surface area contributed by atoms with Crippen LogP contribution in [0, 0.1) is 0 Å². The van der Waals surface area contributed by atoms with Crippen molar-refractivity contribution >= 4 is 15.8 Å². The molecule has 1 aliphatic heterocycles. The van der Waals surface area contributed by atoms with Gasteiger partial charge in [0.05, 0.1) is 5.75 Å². The van der Waals surface area contributed by atoms with Crippen molar-refractivity contribution in [1.29, 1.82) is 0 Å². The van der Waals surface area contributed by atoms with Crippen LogP contribution in [0.2, 0.25) is 0 Å². The summed E-state index contributed by atoms with van der Waals surface area (Å²) in [5.74, 6) is 0.503. The van der Waals surface area contributed by atoms with Crippen LogP contribution in [0.15, 0.2) is 12.3 Å². The fourth-order valence-electron chi connectivity index (χ4n) is 2.04. The Kier molecular flexibility index (Phi) is 3.91. The molecule has 1 fully saturated rings. The number of aromatic nitrogens is 2. The molecule has 2 N–H and O–H groups in total. The maximum atomic E-state index is 11.9. The lowest BCUT2D eigenvalue weighted by Gasteiger charge is -2.11. The van der Waals surface area contributed by atoms with E-state index in [1.807, 2.05) is 13.8 Å². The van der Waals surface area contributed by atoms with Gasteiger partial charge in [-0.05, 0) is 33.2 Å². The lowest BCUT2D eigenvalue weighted by atomic mass is 10.3. The van der Waals surface area contributed by atoms with Crippen LogP contribution >= 0.6 is 0 Å². The molecule has 1 unspecified atom stereocenters. The first-order chi connectivity index (χ1) is 8.46. The van der Waals surface area contributed by atoms with Gasteiger partial charge in [0, 0.05) is 24.3 Å². The summed E-state index contributed by atoms with van der Waals surface area (Å²) in [4.78, 5) is 0. The molecule has 2 rings (SSSR count). The summed E-state index contributed by atoms with van der Waals surface area (Å²) in [7, 11) is -3.32. The summed E-state index contributed by atoms with van der Waals surface area (Å²) >= 11 is 0. The second-order valence-corrected chi connectivity index (χ2v) is 6.72. The van der Waals surface area contributed by atoms with Crippen molar-refractivity contribution in [3.8, 4) is 0 Å². The minimum absolute atomic E-state index is 0.0645. The maximum Gasteiger partial charge on any atom is 0.235 e. The number of hydrogen-bond acceptors (Lipinski definition) is 4. The minimum Gasteiger partial charge on any atom is -0.313 e. The van der Waals surface area contributed by atoms with E-state index in [0.717, 1.165) is 19.4 Å². The van der Waals surface area contributed by atoms with Crippen LogP contribution in [-0.4, -0.2) is 36.5 Å². The zero-order valence-electron chi connectivity index (χ0n) is 10.8. The lowest BCUT2D eigenvalue weighted by Crippen LogP contribution is -2.32. The van der Waals surface area contributed by atoms with Crippen LogP contribution in [0.4, 0.5) is 5.82 Å². The second-order valence-electron chi connectivity index (χ2n) is 4.95. The molecule has 102 valence electrons. The van der Waals surface area contributed by atoms with Crippen molar-refractivity contribution in [3.05, 3.63) is 12.3 Å². The monoisotopic (exact) mass is 272 g/mol. The molecule has 18 heavy (non-hydrogen) atoms. The molecular weight excluding hydrogens is 252 g/mol. The van der Waals surface area contributed by atoms with Crippen molar-refractivity contribution in [1.82, 2.24) is 15.1 Å². The predicted octanol–water partition coefficient (Wildman–Crippen LogP) is 0.958. The Morgan fingerprint density at radius 2 is 2.39 bits per heavy atom. The molecule has 0 bridgehead atoms. The average molecular weight is 272 g/mol. The number of anilines is 1. The second kappa shape index (κ2) is 5.27. The minimum atomic E-state index is -3.32. The van der Waals surface area contributed by atoms with Crippen LogP contribution < -0.4 is 10.0 Å². The van der Waals surface area contributed by atoms with E-state index in [4.69, 9.17) is 0 Å². The van der Waals surface area contributed by atoms with Crippen molar-refractivity contribution in [2.45, 2.75) is 38.8 Å². The van der Waals surface area contributed by atoms with Gasteiger partial charge in [0.15, 0.2) is 5.82 Å². The first-order valence-corrected chi connectivity index (χ1v) is 7.90. The van der Waals surface area contributed by atoms with Crippen molar-refractivity contribution in [2.75, 3.05) is 17.0 Å². The van der Waals surface area contributed by atoms with E-state index in [0.29, 0.717) is 5.82 Å². The van der Waals surface area contributed by atoms with Crippen LogP contribution in [0.25, 0.3) is 0 Å². The Morgan fingerprint density at radius 1 is 1.61 bits per heavy atom. The Hall–Kier alpha value is -1.08. The summed E-state index contributed by atoms with van der Waals surface area (Å²) in [6, 6.07) is 1.97. The van der Waals surface area contributed by atoms with Gasteiger partial charge in [-0.3, -0.25) is 9.40 Å². The van der Waals surface area contributed by atoms with Crippen molar-refractivity contribution in [2.24, 2.45) is 0 Å². The van der Waals surface area contributed by atoms with Gasteiger partial charge in [-0.15, -0.1) is 0 Å². The highest BCUT2D eigenvalue weighted by molar-refractivity contribution is 7.92. The van der Waals surface area contributed by atoms with E-state index in [1.54, 1.807) is 16.9 Å². The number of sulfonamides is 1. The summed E-state index contributed by atoms with van der Waals surface area (Å²) < 4.78 is 28.1. The molecule has 0 spiro atoms. The Morgan fingerprint density at radius 3 is 2.94 bits per heavy atom. The number of rotatable bonds is 5. The van der Waals surface area contributed by atoms with E-state index in [9.17, 15) is 8.42 Å². The van der Waals surface area contributed by atoms with Gasteiger partial charge in [-0.1, -0.05) is 0 Å². The van der Waals surface area contributed by atoms with Gasteiger partial charge in [-0.2, -0.15) is 5.10 Å². The average Bonchev–Trinajstić information content (AvgIpc) is 2.87. The fraction of sp³-hybridized carbons (Fsp3) is 0.727. The molecule has 0 radical (unpaired) electrons. The fourth-order valence-corrected chi connectivity index (χ4v) is 3.37. The molecule has 6 nitrogen and oxygen atoms in total. The molecule has 0 aromatic carbocycles. The molecule has 1 saturated heterocycles. The number of hydrogen-bond donors (Lipinski definition) is 2. The third-order valence-electron chi connectivity index (χ3n) is 2.98. The number of nitrogens with one attached hydrogen (secondary N) is 2.